The Bertz CT molecular complexity index is 805. The summed E-state index contributed by atoms with van der Waals surface area (Å²) in [6.45, 7) is -0.148. The van der Waals surface area contributed by atoms with Crippen molar-refractivity contribution in [2.24, 2.45) is 0 Å². The van der Waals surface area contributed by atoms with Crippen molar-refractivity contribution in [3.8, 4) is 11.5 Å². The number of benzene rings is 1. The fourth-order valence-corrected chi connectivity index (χ4v) is 4.11. The molecule has 1 aliphatic heterocycles. The Morgan fingerprint density at radius 3 is 2.84 bits per heavy atom. The van der Waals surface area contributed by atoms with Crippen LogP contribution in [0.4, 0.5) is 5.69 Å². The second-order valence-corrected chi connectivity index (χ2v) is 7.10. The summed E-state index contributed by atoms with van der Waals surface area (Å²) in [5, 5.41) is 2.68. The zero-order valence-electron chi connectivity index (χ0n) is 13.5. The highest BCUT2D eigenvalue weighted by Gasteiger charge is 2.19. The van der Waals surface area contributed by atoms with Crippen LogP contribution < -0.4 is 14.8 Å². The van der Waals surface area contributed by atoms with Crippen molar-refractivity contribution in [1.82, 2.24) is 0 Å². The number of ether oxygens (including phenoxy) is 3. The first-order valence-electron chi connectivity index (χ1n) is 8.17. The van der Waals surface area contributed by atoms with E-state index in [0.717, 1.165) is 19.3 Å². The molecule has 2 heterocycles. The van der Waals surface area contributed by atoms with Crippen molar-refractivity contribution in [3.63, 3.8) is 0 Å². The standard InChI is InChI=1S/C18H17NO5S/c20-17(19-12-5-6-13-14(8-12)24-10-23-13)9-22-18(21)16-7-11-3-1-2-4-15(11)25-16/h5-8H,1-4,9-10H2,(H,19,20). The smallest absolute Gasteiger partial charge is 0.348 e. The molecular weight excluding hydrogens is 342 g/mol. The Balaban J connectivity index is 1.32. The van der Waals surface area contributed by atoms with E-state index in [9.17, 15) is 9.59 Å². The van der Waals surface area contributed by atoms with E-state index < -0.39 is 11.9 Å². The zero-order chi connectivity index (χ0) is 17.2. The van der Waals surface area contributed by atoms with Gasteiger partial charge in [-0.1, -0.05) is 0 Å². The molecule has 7 heteroatoms. The third-order valence-corrected chi connectivity index (χ3v) is 5.41. The molecule has 1 amide bonds. The van der Waals surface area contributed by atoms with E-state index in [1.54, 1.807) is 18.2 Å². The van der Waals surface area contributed by atoms with Crippen molar-refractivity contribution in [1.29, 1.82) is 0 Å². The van der Waals surface area contributed by atoms with Crippen molar-refractivity contribution >= 4 is 28.9 Å². The van der Waals surface area contributed by atoms with Crippen molar-refractivity contribution in [3.05, 3.63) is 39.6 Å². The van der Waals surface area contributed by atoms with Gasteiger partial charge >= 0.3 is 5.97 Å². The molecule has 0 spiro atoms. The van der Waals surface area contributed by atoms with Crippen LogP contribution in [0.25, 0.3) is 0 Å². The van der Waals surface area contributed by atoms with Gasteiger partial charge < -0.3 is 19.5 Å². The summed E-state index contributed by atoms with van der Waals surface area (Å²) < 4.78 is 15.6. The van der Waals surface area contributed by atoms with Crippen LogP contribution in [0.15, 0.2) is 24.3 Å². The van der Waals surface area contributed by atoms with Crippen LogP contribution >= 0.6 is 11.3 Å². The molecule has 0 saturated heterocycles. The predicted octanol–water partition coefficient (Wildman–Crippen LogP) is 3.15. The van der Waals surface area contributed by atoms with E-state index in [4.69, 9.17) is 14.2 Å². The SMILES string of the molecule is O=C(COC(=O)c1cc2c(s1)CCCC2)Nc1ccc2c(c1)OCO2. The topological polar surface area (TPSA) is 73.9 Å². The summed E-state index contributed by atoms with van der Waals surface area (Å²) in [6.07, 6.45) is 4.37. The largest absolute Gasteiger partial charge is 0.454 e. The van der Waals surface area contributed by atoms with Crippen LogP contribution in [0, 0.1) is 0 Å². The molecule has 4 rings (SSSR count). The molecule has 1 aromatic carbocycles. The number of anilines is 1. The number of thiophene rings is 1. The van der Waals surface area contributed by atoms with Crippen molar-refractivity contribution in [2.75, 3.05) is 18.7 Å². The monoisotopic (exact) mass is 359 g/mol. The Morgan fingerprint density at radius 2 is 1.96 bits per heavy atom. The van der Waals surface area contributed by atoms with Gasteiger partial charge in [0.25, 0.3) is 5.91 Å². The summed E-state index contributed by atoms with van der Waals surface area (Å²) in [5.41, 5.74) is 1.81. The number of amides is 1. The summed E-state index contributed by atoms with van der Waals surface area (Å²) in [6, 6.07) is 7.01. The van der Waals surface area contributed by atoms with Gasteiger partial charge in [-0.2, -0.15) is 0 Å². The molecule has 0 atom stereocenters. The molecule has 130 valence electrons. The van der Waals surface area contributed by atoms with Gasteiger partial charge in [0.15, 0.2) is 18.1 Å². The molecule has 2 aromatic rings. The molecule has 6 nitrogen and oxygen atoms in total. The maximum Gasteiger partial charge on any atom is 0.348 e. The number of rotatable bonds is 4. The number of aryl methyl sites for hydroxylation is 2. The number of carbonyl (C=O) groups is 2. The third kappa shape index (κ3) is 3.46. The van der Waals surface area contributed by atoms with E-state index in [1.165, 1.54) is 28.2 Å². The Hall–Kier alpha value is -2.54. The van der Waals surface area contributed by atoms with E-state index >= 15 is 0 Å². The van der Waals surface area contributed by atoms with Gasteiger partial charge in [-0.15, -0.1) is 11.3 Å². The summed E-state index contributed by atoms with van der Waals surface area (Å²) in [4.78, 5) is 26.0. The van der Waals surface area contributed by atoms with E-state index in [0.29, 0.717) is 22.1 Å². The molecule has 1 aliphatic carbocycles. The Morgan fingerprint density at radius 1 is 1.12 bits per heavy atom. The number of hydrogen-bond acceptors (Lipinski definition) is 6. The Kier molecular flexibility index (Phi) is 4.31. The number of carbonyl (C=O) groups excluding carboxylic acids is 2. The highest BCUT2D eigenvalue weighted by Crippen LogP contribution is 2.34. The van der Waals surface area contributed by atoms with Gasteiger partial charge in [0.1, 0.15) is 4.88 Å². The van der Waals surface area contributed by atoms with Crippen LogP contribution in [-0.4, -0.2) is 25.3 Å². The average molecular weight is 359 g/mol. The maximum atomic E-state index is 12.1. The normalized spacial score (nSPS) is 14.7. The summed E-state index contributed by atoms with van der Waals surface area (Å²) >= 11 is 1.48. The summed E-state index contributed by atoms with van der Waals surface area (Å²) in [5.74, 6) is 0.388. The molecular formula is C18H17NO5S. The van der Waals surface area contributed by atoms with Crippen molar-refractivity contribution < 1.29 is 23.8 Å². The first-order chi connectivity index (χ1) is 12.2. The van der Waals surface area contributed by atoms with Gasteiger partial charge in [0, 0.05) is 16.6 Å². The predicted molar refractivity (Wildman–Crippen MR) is 92.4 cm³/mol. The summed E-state index contributed by atoms with van der Waals surface area (Å²) in [7, 11) is 0. The second kappa shape index (κ2) is 6.76. The lowest BCUT2D eigenvalue weighted by Gasteiger charge is -2.08. The van der Waals surface area contributed by atoms with E-state index in [-0.39, 0.29) is 13.4 Å². The van der Waals surface area contributed by atoms with Gasteiger partial charge in [0.2, 0.25) is 6.79 Å². The lowest BCUT2D eigenvalue weighted by atomic mass is 9.99. The van der Waals surface area contributed by atoms with Crippen molar-refractivity contribution in [2.45, 2.75) is 25.7 Å². The number of fused-ring (bicyclic) bond motifs is 2. The fraction of sp³-hybridized carbons (Fsp3) is 0.333. The van der Waals surface area contributed by atoms with Gasteiger partial charge in [-0.05, 0) is 49.4 Å². The second-order valence-electron chi connectivity index (χ2n) is 5.96. The number of esters is 1. The number of hydrogen-bond donors (Lipinski definition) is 1. The molecule has 0 unspecified atom stereocenters. The van der Waals surface area contributed by atoms with Crippen LogP contribution in [0.3, 0.4) is 0 Å². The highest BCUT2D eigenvalue weighted by atomic mass is 32.1. The number of nitrogens with one attached hydrogen (secondary N) is 1. The Labute approximate surface area is 148 Å². The minimum atomic E-state index is -0.444. The van der Waals surface area contributed by atoms with Crippen LogP contribution in [-0.2, 0) is 22.4 Å². The van der Waals surface area contributed by atoms with Gasteiger partial charge in [0.05, 0.1) is 0 Å². The maximum absolute atomic E-state index is 12.1. The minimum absolute atomic E-state index is 0.176. The zero-order valence-corrected chi connectivity index (χ0v) is 14.3. The molecule has 0 bridgehead atoms. The lowest BCUT2D eigenvalue weighted by Crippen LogP contribution is -2.20. The molecule has 0 fully saturated rings. The quantitative estimate of drug-likeness (QED) is 0.849. The van der Waals surface area contributed by atoms with Gasteiger partial charge in [-0.3, -0.25) is 4.79 Å². The molecule has 1 N–H and O–H groups in total. The van der Waals surface area contributed by atoms with Gasteiger partial charge in [-0.25, -0.2) is 4.79 Å². The fourth-order valence-electron chi connectivity index (χ4n) is 2.96. The molecule has 1 aromatic heterocycles. The van der Waals surface area contributed by atoms with Crippen LogP contribution in [0.5, 0.6) is 11.5 Å². The molecule has 0 radical (unpaired) electrons. The first-order valence-corrected chi connectivity index (χ1v) is 8.99. The average Bonchev–Trinajstić information content (AvgIpc) is 3.25. The lowest BCUT2D eigenvalue weighted by molar-refractivity contribution is -0.119. The highest BCUT2D eigenvalue weighted by molar-refractivity contribution is 7.14. The molecule has 0 saturated carbocycles. The first kappa shape index (κ1) is 16.0. The van der Waals surface area contributed by atoms with E-state index in [1.807, 2.05) is 6.07 Å². The van der Waals surface area contributed by atoms with Crippen LogP contribution in [0.2, 0.25) is 0 Å². The van der Waals surface area contributed by atoms with E-state index in [2.05, 4.69) is 5.32 Å². The molecule has 25 heavy (non-hydrogen) atoms. The van der Waals surface area contributed by atoms with Crippen LogP contribution in [0.1, 0.15) is 33.0 Å². The third-order valence-electron chi connectivity index (χ3n) is 4.19. The minimum Gasteiger partial charge on any atom is -0.454 e. The molecule has 2 aliphatic rings.